The number of aryl methyl sites for hydroxylation is 1. The average Bonchev–Trinajstić information content (AvgIpc) is 3.07. The quantitative estimate of drug-likeness (QED) is 0.593. The van der Waals surface area contributed by atoms with Crippen molar-refractivity contribution in [2.75, 3.05) is 0 Å². The van der Waals surface area contributed by atoms with E-state index in [1.54, 1.807) is 6.20 Å². The summed E-state index contributed by atoms with van der Waals surface area (Å²) in [5.41, 5.74) is 4.80. The van der Waals surface area contributed by atoms with Crippen molar-refractivity contribution in [3.63, 3.8) is 0 Å². The molecule has 0 aliphatic heterocycles. The number of imidazole rings is 1. The van der Waals surface area contributed by atoms with Crippen molar-refractivity contribution in [1.29, 1.82) is 0 Å². The number of pyridine rings is 1. The zero-order valence-electron chi connectivity index (χ0n) is 15.1. The molecule has 0 spiro atoms. The van der Waals surface area contributed by atoms with Crippen LogP contribution in [0.5, 0.6) is 0 Å². The largest absolute Gasteiger partial charge is 0.350 e. The highest BCUT2D eigenvalue weighted by Crippen LogP contribution is 2.23. The van der Waals surface area contributed by atoms with E-state index in [9.17, 15) is 4.79 Å². The second kappa shape index (κ2) is 7.41. The minimum Gasteiger partial charge on any atom is -0.350 e. The predicted octanol–water partition coefficient (Wildman–Crippen LogP) is 3.72. The summed E-state index contributed by atoms with van der Waals surface area (Å²) < 4.78 is 1.92. The number of hydrogen-bond acceptors (Lipinski definition) is 3. The number of hydrogen-bond donors (Lipinski definition) is 1. The average molecular weight is 356 g/mol. The summed E-state index contributed by atoms with van der Waals surface area (Å²) in [6.07, 6.45) is 1.73. The number of nitrogens with one attached hydrogen (secondary N) is 1. The van der Waals surface area contributed by atoms with Crippen molar-refractivity contribution in [3.8, 4) is 11.5 Å². The summed E-state index contributed by atoms with van der Waals surface area (Å²) >= 11 is 0. The van der Waals surface area contributed by atoms with Crippen molar-refractivity contribution < 1.29 is 4.79 Å². The Morgan fingerprint density at radius 2 is 1.78 bits per heavy atom. The first kappa shape index (κ1) is 17.0. The van der Waals surface area contributed by atoms with Crippen LogP contribution in [0, 0.1) is 6.92 Å². The Labute approximate surface area is 157 Å². The summed E-state index contributed by atoms with van der Waals surface area (Å²) in [5.74, 6) is 0.637. The van der Waals surface area contributed by atoms with E-state index >= 15 is 0 Å². The number of nitrogens with zero attached hydrogens (tertiary/aromatic N) is 3. The Balaban J connectivity index is 1.59. The lowest BCUT2D eigenvalue weighted by molar-refractivity contribution is -0.121. The molecule has 5 heteroatoms. The minimum absolute atomic E-state index is 0.0593. The van der Waals surface area contributed by atoms with Gasteiger partial charge in [0, 0.05) is 12.7 Å². The van der Waals surface area contributed by atoms with Crippen LogP contribution >= 0.6 is 0 Å². The molecule has 0 radical (unpaired) electrons. The van der Waals surface area contributed by atoms with Crippen molar-refractivity contribution in [2.24, 2.45) is 0 Å². The fraction of sp³-hybridized carbons (Fsp3) is 0.136. The number of fused-ring (bicyclic) bond motifs is 1. The fourth-order valence-corrected chi connectivity index (χ4v) is 3.03. The smallest absolute Gasteiger partial charge is 0.240 e. The molecule has 0 unspecified atom stereocenters. The molecule has 4 aromatic rings. The van der Waals surface area contributed by atoms with E-state index in [4.69, 9.17) is 0 Å². The monoisotopic (exact) mass is 356 g/mol. The summed E-state index contributed by atoms with van der Waals surface area (Å²) in [5, 5.41) is 2.99. The van der Waals surface area contributed by atoms with Gasteiger partial charge >= 0.3 is 0 Å². The second-order valence-electron chi connectivity index (χ2n) is 6.49. The van der Waals surface area contributed by atoms with Gasteiger partial charge in [-0.05, 0) is 36.8 Å². The first-order chi connectivity index (χ1) is 13.2. The first-order valence-corrected chi connectivity index (χ1v) is 8.89. The van der Waals surface area contributed by atoms with Crippen LogP contribution in [-0.2, 0) is 17.9 Å². The van der Waals surface area contributed by atoms with Gasteiger partial charge in [-0.2, -0.15) is 0 Å². The standard InChI is InChI=1S/C22H20N4O/c1-16-9-11-17(12-10-16)14-24-21(27)15-26-20-8-3-2-6-18(20)25-22(26)19-7-4-5-13-23-19/h2-13H,14-15H2,1H3,(H,24,27). The van der Waals surface area contributed by atoms with Crippen LogP contribution in [0.2, 0.25) is 0 Å². The first-order valence-electron chi connectivity index (χ1n) is 8.89. The molecule has 2 aromatic heterocycles. The highest BCUT2D eigenvalue weighted by Gasteiger charge is 2.15. The molecule has 4 rings (SSSR count). The van der Waals surface area contributed by atoms with Crippen LogP contribution in [-0.4, -0.2) is 20.4 Å². The van der Waals surface area contributed by atoms with Crippen molar-refractivity contribution >= 4 is 16.9 Å². The number of benzene rings is 2. The molecule has 27 heavy (non-hydrogen) atoms. The van der Waals surface area contributed by atoms with Gasteiger partial charge in [-0.15, -0.1) is 0 Å². The summed E-state index contributed by atoms with van der Waals surface area (Å²) in [4.78, 5) is 21.7. The van der Waals surface area contributed by atoms with Crippen LogP contribution in [0.3, 0.4) is 0 Å². The predicted molar refractivity (Wildman–Crippen MR) is 106 cm³/mol. The SMILES string of the molecule is Cc1ccc(CNC(=O)Cn2c(-c3ccccn3)nc3ccccc32)cc1. The maximum absolute atomic E-state index is 12.6. The van der Waals surface area contributed by atoms with Gasteiger partial charge in [0.1, 0.15) is 12.2 Å². The molecule has 0 saturated carbocycles. The Kier molecular flexibility index (Phi) is 4.66. The third-order valence-electron chi connectivity index (χ3n) is 4.46. The lowest BCUT2D eigenvalue weighted by Crippen LogP contribution is -2.27. The molecule has 0 saturated heterocycles. The Hall–Kier alpha value is -3.47. The number of rotatable bonds is 5. The van der Waals surface area contributed by atoms with E-state index in [1.165, 1.54) is 5.56 Å². The summed E-state index contributed by atoms with van der Waals surface area (Å²) in [6, 6.07) is 21.7. The van der Waals surface area contributed by atoms with E-state index in [0.717, 1.165) is 22.3 Å². The minimum atomic E-state index is -0.0593. The third kappa shape index (κ3) is 3.72. The normalized spacial score (nSPS) is 10.9. The Morgan fingerprint density at radius 1 is 1.00 bits per heavy atom. The van der Waals surface area contributed by atoms with Crippen molar-refractivity contribution in [2.45, 2.75) is 20.0 Å². The van der Waals surface area contributed by atoms with E-state index in [-0.39, 0.29) is 12.5 Å². The highest BCUT2D eigenvalue weighted by molar-refractivity contribution is 5.84. The molecular weight excluding hydrogens is 336 g/mol. The molecule has 0 atom stereocenters. The van der Waals surface area contributed by atoms with Crippen molar-refractivity contribution in [1.82, 2.24) is 19.9 Å². The van der Waals surface area contributed by atoms with E-state index in [0.29, 0.717) is 12.4 Å². The zero-order chi connectivity index (χ0) is 18.6. The lowest BCUT2D eigenvalue weighted by Gasteiger charge is -2.10. The van der Waals surface area contributed by atoms with Crippen LogP contribution in [0.1, 0.15) is 11.1 Å². The van der Waals surface area contributed by atoms with Crippen LogP contribution in [0.15, 0.2) is 72.9 Å². The van der Waals surface area contributed by atoms with Gasteiger partial charge in [-0.1, -0.05) is 48.0 Å². The number of aromatic nitrogens is 3. The molecule has 2 aromatic carbocycles. The molecule has 5 nitrogen and oxygen atoms in total. The van der Waals surface area contributed by atoms with Gasteiger partial charge in [-0.25, -0.2) is 4.98 Å². The van der Waals surface area contributed by atoms with Gasteiger partial charge < -0.3 is 9.88 Å². The molecule has 1 N–H and O–H groups in total. The number of amides is 1. The van der Waals surface area contributed by atoms with Crippen LogP contribution < -0.4 is 5.32 Å². The van der Waals surface area contributed by atoms with Gasteiger partial charge in [0.05, 0.1) is 11.0 Å². The Morgan fingerprint density at radius 3 is 2.56 bits per heavy atom. The van der Waals surface area contributed by atoms with Crippen molar-refractivity contribution in [3.05, 3.63) is 84.1 Å². The molecule has 1 amide bonds. The lowest BCUT2D eigenvalue weighted by atomic mass is 10.1. The molecule has 0 aliphatic carbocycles. The molecule has 0 bridgehead atoms. The molecule has 2 heterocycles. The molecule has 0 aliphatic rings. The van der Waals surface area contributed by atoms with Gasteiger partial charge in [0.2, 0.25) is 5.91 Å². The molecule has 134 valence electrons. The summed E-state index contributed by atoms with van der Waals surface area (Å²) in [6.45, 7) is 2.74. The van der Waals surface area contributed by atoms with Crippen LogP contribution in [0.25, 0.3) is 22.6 Å². The second-order valence-corrected chi connectivity index (χ2v) is 6.49. The maximum Gasteiger partial charge on any atom is 0.240 e. The van der Waals surface area contributed by atoms with Gasteiger partial charge in [-0.3, -0.25) is 9.78 Å². The van der Waals surface area contributed by atoms with E-state index < -0.39 is 0 Å². The molecular formula is C22H20N4O. The van der Waals surface area contributed by atoms with Crippen LogP contribution in [0.4, 0.5) is 0 Å². The maximum atomic E-state index is 12.6. The topological polar surface area (TPSA) is 59.8 Å². The Bertz CT molecular complexity index is 1070. The number of para-hydroxylation sites is 2. The highest BCUT2D eigenvalue weighted by atomic mass is 16.1. The summed E-state index contributed by atoms with van der Waals surface area (Å²) in [7, 11) is 0. The zero-order valence-corrected chi connectivity index (χ0v) is 15.1. The van der Waals surface area contributed by atoms with Gasteiger partial charge in [0.15, 0.2) is 5.82 Å². The third-order valence-corrected chi connectivity index (χ3v) is 4.46. The molecule has 0 fully saturated rings. The van der Waals surface area contributed by atoms with Gasteiger partial charge in [0.25, 0.3) is 0 Å². The number of carbonyl (C=O) groups excluding carboxylic acids is 1. The number of carbonyl (C=O) groups is 1. The van der Waals surface area contributed by atoms with E-state index in [1.807, 2.05) is 78.2 Å². The van der Waals surface area contributed by atoms with E-state index in [2.05, 4.69) is 15.3 Å². The fourth-order valence-electron chi connectivity index (χ4n) is 3.03.